The molecule has 0 bridgehead atoms. The molecule has 1 atom stereocenters. The van der Waals surface area contributed by atoms with Crippen LogP contribution in [0.15, 0.2) is 0 Å². The molecule has 0 aromatic carbocycles. The molecule has 9 heavy (non-hydrogen) atoms. The normalized spacial score (nSPS) is 12.0. The molecule has 0 fully saturated rings. The van der Waals surface area contributed by atoms with Gasteiger partial charge in [-0.05, 0) is 6.42 Å². The third-order valence-corrected chi connectivity index (χ3v) is 1.21. The minimum Gasteiger partial charge on any atom is -0.481 e. The summed E-state index contributed by atoms with van der Waals surface area (Å²) in [6, 6.07) is 0. The first-order chi connectivity index (χ1) is 4.22. The third-order valence-electron chi connectivity index (χ3n) is 1.21. The molecular weight excluding hydrogens is 116 g/mol. The van der Waals surface area contributed by atoms with Crippen LogP contribution in [0.1, 0.15) is 19.8 Å². The molecule has 0 aromatic heterocycles. The largest absolute Gasteiger partial charge is 0.481 e. The fourth-order valence-electron chi connectivity index (χ4n) is 0.549. The summed E-state index contributed by atoms with van der Waals surface area (Å²) in [5.41, 5.74) is 0. The average molecular weight is 126 g/mol. The Labute approximate surface area is 54.9 Å². The second kappa shape index (κ2) is 3.96. The number of terminal acetylenes is 1. The van der Waals surface area contributed by atoms with Gasteiger partial charge in [-0.15, -0.1) is 12.3 Å². The van der Waals surface area contributed by atoms with E-state index in [1.165, 1.54) is 0 Å². The highest BCUT2D eigenvalue weighted by atomic mass is 16.4. The first kappa shape index (κ1) is 8.03. The van der Waals surface area contributed by atoms with Crippen LogP contribution >= 0.6 is 0 Å². The van der Waals surface area contributed by atoms with Crippen molar-refractivity contribution in [2.45, 2.75) is 19.8 Å². The molecule has 0 heterocycles. The fourth-order valence-corrected chi connectivity index (χ4v) is 0.549. The van der Waals surface area contributed by atoms with Crippen molar-refractivity contribution < 1.29 is 9.90 Å². The molecule has 1 N–H and O–H groups in total. The van der Waals surface area contributed by atoms with E-state index in [1.54, 1.807) is 0 Å². The van der Waals surface area contributed by atoms with E-state index in [0.717, 1.165) is 0 Å². The Morgan fingerprint density at radius 3 is 2.56 bits per heavy atom. The number of rotatable bonds is 3. The quantitative estimate of drug-likeness (QED) is 0.575. The van der Waals surface area contributed by atoms with Crippen molar-refractivity contribution in [1.82, 2.24) is 0 Å². The van der Waals surface area contributed by atoms with Gasteiger partial charge in [0.15, 0.2) is 0 Å². The van der Waals surface area contributed by atoms with Gasteiger partial charge >= 0.3 is 5.97 Å². The standard InChI is InChI=1S/C7H10O2/c1-3-5-6(4-2)7(8)9/h1,6H,4-5H2,2H3,(H,8,9). The maximum absolute atomic E-state index is 10.2. The zero-order valence-corrected chi connectivity index (χ0v) is 5.42. The Morgan fingerprint density at radius 2 is 2.44 bits per heavy atom. The van der Waals surface area contributed by atoms with Crippen molar-refractivity contribution in [2.75, 3.05) is 0 Å². The first-order valence-electron chi connectivity index (χ1n) is 2.88. The van der Waals surface area contributed by atoms with Crippen LogP contribution in [0, 0.1) is 18.3 Å². The fraction of sp³-hybridized carbons (Fsp3) is 0.571. The van der Waals surface area contributed by atoms with Crippen LogP contribution in [0.2, 0.25) is 0 Å². The Morgan fingerprint density at radius 1 is 1.89 bits per heavy atom. The van der Waals surface area contributed by atoms with Gasteiger partial charge in [0.05, 0.1) is 5.92 Å². The summed E-state index contributed by atoms with van der Waals surface area (Å²) < 4.78 is 0. The maximum atomic E-state index is 10.2. The summed E-state index contributed by atoms with van der Waals surface area (Å²) in [5, 5.41) is 8.41. The number of carboxylic acids is 1. The van der Waals surface area contributed by atoms with E-state index < -0.39 is 5.97 Å². The molecule has 0 aliphatic carbocycles. The number of hydrogen-bond acceptors (Lipinski definition) is 1. The van der Waals surface area contributed by atoms with Crippen LogP contribution in [0.3, 0.4) is 0 Å². The minimum atomic E-state index is -0.796. The van der Waals surface area contributed by atoms with E-state index in [0.29, 0.717) is 12.8 Å². The van der Waals surface area contributed by atoms with Gasteiger partial charge in [0.2, 0.25) is 0 Å². The molecule has 2 nitrogen and oxygen atoms in total. The molecule has 0 saturated heterocycles. The highest BCUT2D eigenvalue weighted by Gasteiger charge is 2.11. The van der Waals surface area contributed by atoms with Gasteiger partial charge in [0.1, 0.15) is 0 Å². The van der Waals surface area contributed by atoms with Crippen LogP contribution in [0.25, 0.3) is 0 Å². The summed E-state index contributed by atoms with van der Waals surface area (Å²) in [7, 11) is 0. The van der Waals surface area contributed by atoms with E-state index in [9.17, 15) is 4.79 Å². The molecule has 0 aliphatic rings. The first-order valence-corrected chi connectivity index (χ1v) is 2.88. The van der Waals surface area contributed by atoms with E-state index >= 15 is 0 Å². The molecule has 1 unspecified atom stereocenters. The van der Waals surface area contributed by atoms with Crippen LogP contribution in [-0.4, -0.2) is 11.1 Å². The van der Waals surface area contributed by atoms with Crippen molar-refractivity contribution in [3.05, 3.63) is 0 Å². The zero-order chi connectivity index (χ0) is 7.28. The van der Waals surface area contributed by atoms with Crippen molar-refractivity contribution in [3.8, 4) is 12.3 Å². The molecule has 50 valence electrons. The van der Waals surface area contributed by atoms with Crippen molar-refractivity contribution in [3.63, 3.8) is 0 Å². The number of carbonyl (C=O) groups is 1. The molecule has 0 spiro atoms. The maximum Gasteiger partial charge on any atom is 0.307 e. The summed E-state index contributed by atoms with van der Waals surface area (Å²) in [5.74, 6) is 1.17. The van der Waals surface area contributed by atoms with Gasteiger partial charge in [0.25, 0.3) is 0 Å². The van der Waals surface area contributed by atoms with Crippen LogP contribution < -0.4 is 0 Å². The third kappa shape index (κ3) is 2.76. The van der Waals surface area contributed by atoms with Crippen molar-refractivity contribution in [1.29, 1.82) is 0 Å². The number of hydrogen-bond donors (Lipinski definition) is 1. The van der Waals surface area contributed by atoms with Crippen molar-refractivity contribution in [2.24, 2.45) is 5.92 Å². The van der Waals surface area contributed by atoms with Crippen LogP contribution in [0.5, 0.6) is 0 Å². The lowest BCUT2D eigenvalue weighted by Gasteiger charge is -2.02. The van der Waals surface area contributed by atoms with E-state index in [1.807, 2.05) is 6.92 Å². The smallest absolute Gasteiger partial charge is 0.307 e. The Hall–Kier alpha value is -0.970. The molecule has 2 heteroatoms. The highest BCUT2D eigenvalue weighted by molar-refractivity contribution is 5.70. The highest BCUT2D eigenvalue weighted by Crippen LogP contribution is 2.05. The Bertz CT molecular complexity index is 132. The SMILES string of the molecule is C#CCC(CC)C(=O)O. The predicted molar refractivity (Wildman–Crippen MR) is 34.9 cm³/mol. The minimum absolute atomic E-state index is 0.339. The lowest BCUT2D eigenvalue weighted by atomic mass is 10.0. The van der Waals surface area contributed by atoms with Gasteiger partial charge in [-0.25, -0.2) is 0 Å². The van der Waals surface area contributed by atoms with E-state index in [4.69, 9.17) is 11.5 Å². The van der Waals surface area contributed by atoms with Gasteiger partial charge in [-0.1, -0.05) is 6.92 Å². The number of aliphatic carboxylic acids is 1. The average Bonchev–Trinajstić information content (AvgIpc) is 1.82. The van der Waals surface area contributed by atoms with Crippen molar-refractivity contribution >= 4 is 5.97 Å². The van der Waals surface area contributed by atoms with Crippen LogP contribution in [-0.2, 0) is 4.79 Å². The molecule has 0 radical (unpaired) electrons. The lowest BCUT2D eigenvalue weighted by Crippen LogP contribution is -2.11. The summed E-state index contributed by atoms with van der Waals surface area (Å²) in [6.07, 6.45) is 5.88. The lowest BCUT2D eigenvalue weighted by molar-refractivity contribution is -0.141. The summed E-state index contributed by atoms with van der Waals surface area (Å²) in [6.45, 7) is 1.82. The molecule has 0 rings (SSSR count). The molecule has 0 aromatic rings. The summed E-state index contributed by atoms with van der Waals surface area (Å²) in [4.78, 5) is 10.2. The zero-order valence-electron chi connectivity index (χ0n) is 5.42. The van der Waals surface area contributed by atoms with Gasteiger partial charge in [0, 0.05) is 6.42 Å². The summed E-state index contributed by atoms with van der Waals surface area (Å²) >= 11 is 0. The Balaban J connectivity index is 3.71. The van der Waals surface area contributed by atoms with Crippen LogP contribution in [0.4, 0.5) is 0 Å². The van der Waals surface area contributed by atoms with Gasteiger partial charge in [-0.3, -0.25) is 4.79 Å². The van der Waals surface area contributed by atoms with E-state index in [2.05, 4.69) is 5.92 Å². The topological polar surface area (TPSA) is 37.3 Å². The molecular formula is C7H10O2. The van der Waals surface area contributed by atoms with Gasteiger partial charge < -0.3 is 5.11 Å². The van der Waals surface area contributed by atoms with Gasteiger partial charge in [-0.2, -0.15) is 0 Å². The second-order valence-electron chi connectivity index (χ2n) is 1.85. The predicted octanol–water partition coefficient (Wildman–Crippen LogP) is 1.12. The second-order valence-corrected chi connectivity index (χ2v) is 1.85. The molecule has 0 aliphatic heterocycles. The molecule has 0 amide bonds. The monoisotopic (exact) mass is 126 g/mol. The van der Waals surface area contributed by atoms with E-state index in [-0.39, 0.29) is 5.92 Å². The molecule has 0 saturated carbocycles. The number of carboxylic acid groups (broad SMARTS) is 1. The Kier molecular flexibility index (Phi) is 3.54.